The van der Waals surface area contributed by atoms with E-state index in [0.29, 0.717) is 35.4 Å². The van der Waals surface area contributed by atoms with Crippen molar-refractivity contribution in [2.24, 2.45) is 0 Å². The summed E-state index contributed by atoms with van der Waals surface area (Å²) in [5, 5.41) is 0. The molecule has 0 bridgehead atoms. The first-order chi connectivity index (χ1) is 12.3. The van der Waals surface area contributed by atoms with Gasteiger partial charge >= 0.3 is 0 Å². The minimum Gasteiger partial charge on any atom is -0.493 e. The van der Waals surface area contributed by atoms with E-state index in [0.717, 1.165) is 17.0 Å². The number of methoxy groups -OCH3 is 2. The second-order valence-corrected chi connectivity index (χ2v) is 5.30. The third-order valence-electron chi connectivity index (χ3n) is 3.81. The topological polar surface area (TPSA) is 70.5 Å². The van der Waals surface area contributed by atoms with Crippen LogP contribution in [0.25, 0.3) is 22.3 Å². The molecular weight excluding hydrogens is 320 g/mol. The molecule has 0 aliphatic rings. The van der Waals surface area contributed by atoms with Crippen LogP contribution in [-0.2, 0) is 16.0 Å². The minimum atomic E-state index is 0.247. The van der Waals surface area contributed by atoms with Crippen molar-refractivity contribution in [1.29, 1.82) is 0 Å². The number of hydrogen-bond acceptors (Lipinski definition) is 6. The molecule has 3 aromatic rings. The molecule has 6 heteroatoms. The molecule has 1 aromatic heterocycles. The van der Waals surface area contributed by atoms with Gasteiger partial charge in [0.2, 0.25) is 0 Å². The van der Waals surface area contributed by atoms with Gasteiger partial charge in [-0.25, -0.2) is 9.97 Å². The van der Waals surface area contributed by atoms with Crippen LogP contribution in [0.2, 0.25) is 0 Å². The number of rotatable bonds is 7. The van der Waals surface area contributed by atoms with Crippen LogP contribution in [0.3, 0.4) is 0 Å². The summed E-state index contributed by atoms with van der Waals surface area (Å²) >= 11 is 0. The van der Waals surface area contributed by atoms with Gasteiger partial charge in [0.1, 0.15) is 0 Å². The Balaban J connectivity index is 2.16. The van der Waals surface area contributed by atoms with Crippen molar-refractivity contribution >= 4 is 17.5 Å². The zero-order valence-corrected chi connectivity index (χ0v) is 14.1. The molecule has 0 fully saturated rings. The van der Waals surface area contributed by atoms with Crippen LogP contribution in [-0.4, -0.2) is 37.3 Å². The van der Waals surface area contributed by atoms with E-state index in [-0.39, 0.29) is 6.61 Å². The van der Waals surface area contributed by atoms with Gasteiger partial charge in [0.25, 0.3) is 6.47 Å². The summed E-state index contributed by atoms with van der Waals surface area (Å²) in [5.74, 6) is 1.19. The van der Waals surface area contributed by atoms with Crippen molar-refractivity contribution in [1.82, 2.24) is 9.97 Å². The Morgan fingerprint density at radius 1 is 0.960 bits per heavy atom. The Kier molecular flexibility index (Phi) is 5.09. The first-order valence-corrected chi connectivity index (χ1v) is 7.80. The third-order valence-corrected chi connectivity index (χ3v) is 3.81. The molecule has 2 aromatic carbocycles. The number of benzene rings is 2. The van der Waals surface area contributed by atoms with E-state index in [1.807, 2.05) is 30.3 Å². The van der Waals surface area contributed by atoms with Crippen LogP contribution >= 0.6 is 0 Å². The average Bonchev–Trinajstić information content (AvgIpc) is 2.67. The SMILES string of the molecule is COc1cc2nc(CCOC=O)c(-c3ccccc3)nc2cc1OC. The number of fused-ring (bicyclic) bond motifs is 1. The van der Waals surface area contributed by atoms with Crippen LogP contribution < -0.4 is 9.47 Å². The number of carbonyl (C=O) groups is 1. The lowest BCUT2D eigenvalue weighted by Gasteiger charge is -2.12. The van der Waals surface area contributed by atoms with Gasteiger partial charge in [-0.1, -0.05) is 30.3 Å². The van der Waals surface area contributed by atoms with Gasteiger partial charge in [-0.3, -0.25) is 4.79 Å². The van der Waals surface area contributed by atoms with E-state index in [1.165, 1.54) is 0 Å². The third kappa shape index (κ3) is 3.52. The first-order valence-electron chi connectivity index (χ1n) is 7.80. The normalized spacial score (nSPS) is 10.5. The molecule has 0 unspecified atom stereocenters. The van der Waals surface area contributed by atoms with Crippen molar-refractivity contribution in [3.05, 3.63) is 48.2 Å². The fraction of sp³-hybridized carbons (Fsp3) is 0.211. The maximum Gasteiger partial charge on any atom is 0.293 e. The molecule has 0 saturated carbocycles. The molecule has 0 spiro atoms. The van der Waals surface area contributed by atoms with Crippen LogP contribution in [0.4, 0.5) is 0 Å². The van der Waals surface area contributed by atoms with E-state index in [2.05, 4.69) is 0 Å². The zero-order chi connectivity index (χ0) is 17.6. The van der Waals surface area contributed by atoms with Gasteiger partial charge in [-0.15, -0.1) is 0 Å². The first kappa shape index (κ1) is 16.7. The Morgan fingerprint density at radius 2 is 1.60 bits per heavy atom. The molecular formula is C19H18N2O4. The van der Waals surface area contributed by atoms with Gasteiger partial charge in [-0.05, 0) is 0 Å². The molecule has 0 N–H and O–H groups in total. The molecule has 0 saturated heterocycles. The number of nitrogens with zero attached hydrogens (tertiary/aromatic N) is 2. The standard InChI is InChI=1S/C19H18N2O4/c1-23-17-10-15-16(11-18(17)24-2)21-19(13-6-4-3-5-7-13)14(20-15)8-9-25-12-22/h3-7,10-12H,8-9H2,1-2H3. The average molecular weight is 338 g/mol. The maximum absolute atomic E-state index is 10.4. The highest BCUT2D eigenvalue weighted by Crippen LogP contribution is 2.32. The summed E-state index contributed by atoms with van der Waals surface area (Å²) in [6.07, 6.45) is 0.472. The number of carbonyl (C=O) groups excluding carboxylic acids is 1. The Hall–Kier alpha value is -3.15. The molecule has 0 radical (unpaired) electrons. The summed E-state index contributed by atoms with van der Waals surface area (Å²) in [7, 11) is 3.16. The second-order valence-electron chi connectivity index (χ2n) is 5.30. The maximum atomic E-state index is 10.4. The van der Waals surface area contributed by atoms with Gasteiger partial charge in [0.15, 0.2) is 11.5 Å². The van der Waals surface area contributed by atoms with Gasteiger partial charge < -0.3 is 14.2 Å². The highest BCUT2D eigenvalue weighted by atomic mass is 16.5. The zero-order valence-electron chi connectivity index (χ0n) is 14.1. The summed E-state index contributed by atoms with van der Waals surface area (Å²) in [6.45, 7) is 0.682. The molecule has 0 aliphatic heterocycles. The lowest BCUT2D eigenvalue weighted by atomic mass is 10.1. The van der Waals surface area contributed by atoms with Crippen LogP contribution in [0.5, 0.6) is 11.5 Å². The van der Waals surface area contributed by atoms with E-state index in [4.69, 9.17) is 24.2 Å². The summed E-state index contributed by atoms with van der Waals surface area (Å²) in [5.41, 5.74) is 3.87. The molecule has 6 nitrogen and oxygen atoms in total. The molecule has 128 valence electrons. The fourth-order valence-electron chi connectivity index (χ4n) is 2.63. The molecule has 3 rings (SSSR count). The highest BCUT2D eigenvalue weighted by molar-refractivity contribution is 5.82. The van der Waals surface area contributed by atoms with Crippen molar-refractivity contribution < 1.29 is 19.0 Å². The highest BCUT2D eigenvalue weighted by Gasteiger charge is 2.14. The Labute approximate surface area is 145 Å². The predicted molar refractivity (Wildman–Crippen MR) is 93.8 cm³/mol. The summed E-state index contributed by atoms with van der Waals surface area (Å²) < 4.78 is 15.5. The predicted octanol–water partition coefficient (Wildman–Crippen LogP) is 3.03. The van der Waals surface area contributed by atoms with Gasteiger partial charge in [0, 0.05) is 24.1 Å². The van der Waals surface area contributed by atoms with Crippen molar-refractivity contribution in [2.75, 3.05) is 20.8 Å². The van der Waals surface area contributed by atoms with Crippen molar-refractivity contribution in [2.45, 2.75) is 6.42 Å². The largest absolute Gasteiger partial charge is 0.493 e. The van der Waals surface area contributed by atoms with E-state index >= 15 is 0 Å². The van der Waals surface area contributed by atoms with Crippen molar-refractivity contribution in [3.63, 3.8) is 0 Å². The van der Waals surface area contributed by atoms with Crippen LogP contribution in [0.15, 0.2) is 42.5 Å². The quantitative estimate of drug-likeness (QED) is 0.487. The second kappa shape index (κ2) is 7.61. The van der Waals surface area contributed by atoms with E-state index in [1.54, 1.807) is 26.4 Å². The Bertz CT molecular complexity index is 881. The fourth-order valence-corrected chi connectivity index (χ4v) is 2.63. The van der Waals surface area contributed by atoms with Crippen LogP contribution in [0.1, 0.15) is 5.69 Å². The number of ether oxygens (including phenoxy) is 3. The molecule has 25 heavy (non-hydrogen) atoms. The summed E-state index contributed by atoms with van der Waals surface area (Å²) in [4.78, 5) is 19.9. The molecule has 0 atom stereocenters. The molecule has 0 aliphatic carbocycles. The smallest absolute Gasteiger partial charge is 0.293 e. The molecule has 1 heterocycles. The number of aromatic nitrogens is 2. The minimum absolute atomic E-state index is 0.247. The monoisotopic (exact) mass is 338 g/mol. The lowest BCUT2D eigenvalue weighted by molar-refractivity contribution is -0.128. The Morgan fingerprint density at radius 3 is 2.20 bits per heavy atom. The van der Waals surface area contributed by atoms with Gasteiger partial charge in [0.05, 0.1) is 43.2 Å². The van der Waals surface area contributed by atoms with E-state index in [9.17, 15) is 4.79 Å². The van der Waals surface area contributed by atoms with E-state index < -0.39 is 0 Å². The summed E-state index contributed by atoms with van der Waals surface area (Å²) in [6, 6.07) is 13.4. The lowest BCUT2D eigenvalue weighted by Crippen LogP contribution is -2.04. The van der Waals surface area contributed by atoms with Gasteiger partial charge in [-0.2, -0.15) is 0 Å². The van der Waals surface area contributed by atoms with Crippen molar-refractivity contribution in [3.8, 4) is 22.8 Å². The number of hydrogen-bond donors (Lipinski definition) is 0. The van der Waals surface area contributed by atoms with Crippen LogP contribution in [0, 0.1) is 0 Å². The molecule has 0 amide bonds.